The van der Waals surface area contributed by atoms with E-state index in [1.807, 2.05) is 66.7 Å². The molecule has 0 fully saturated rings. The predicted molar refractivity (Wildman–Crippen MR) is 87.4 cm³/mol. The second-order valence-electron chi connectivity index (χ2n) is 4.72. The van der Waals surface area contributed by atoms with Crippen molar-refractivity contribution in [1.29, 1.82) is 5.26 Å². The summed E-state index contributed by atoms with van der Waals surface area (Å²) in [5.41, 5.74) is 2.13. The number of methoxy groups -OCH3 is 1. The Hall–Kier alpha value is -2.90. The van der Waals surface area contributed by atoms with E-state index in [-0.39, 0.29) is 18.8 Å². The van der Waals surface area contributed by atoms with Crippen LogP contribution in [0, 0.1) is 11.3 Å². The Morgan fingerprint density at radius 3 is 1.91 bits per heavy atom. The van der Waals surface area contributed by atoms with Gasteiger partial charge < -0.3 is 9.47 Å². The van der Waals surface area contributed by atoms with Crippen LogP contribution in [-0.4, -0.2) is 26.3 Å². The van der Waals surface area contributed by atoms with E-state index in [1.165, 1.54) is 7.11 Å². The molecule has 0 atom stereocenters. The fraction of sp³-hybridized carbons (Fsp3) is 0.158. The van der Waals surface area contributed by atoms with E-state index in [0.29, 0.717) is 5.57 Å². The molecule has 4 heteroatoms. The minimum atomic E-state index is -0.646. The van der Waals surface area contributed by atoms with Crippen LogP contribution in [0.4, 0.5) is 0 Å². The van der Waals surface area contributed by atoms with Gasteiger partial charge in [-0.2, -0.15) is 5.26 Å². The van der Waals surface area contributed by atoms with Gasteiger partial charge in [0.15, 0.2) is 0 Å². The number of hydrogen-bond acceptors (Lipinski definition) is 4. The topological polar surface area (TPSA) is 59.3 Å². The van der Waals surface area contributed by atoms with Crippen LogP contribution in [0.25, 0.3) is 5.57 Å². The minimum absolute atomic E-state index is 0.0153. The third-order valence-electron chi connectivity index (χ3n) is 3.21. The monoisotopic (exact) mass is 307 g/mol. The highest BCUT2D eigenvalue weighted by atomic mass is 16.6. The van der Waals surface area contributed by atoms with Crippen molar-refractivity contribution in [3.05, 3.63) is 77.4 Å². The minimum Gasteiger partial charge on any atom is -0.459 e. The van der Waals surface area contributed by atoms with Gasteiger partial charge in [-0.3, -0.25) is 0 Å². The average Bonchev–Trinajstić information content (AvgIpc) is 2.61. The molecule has 116 valence electrons. The van der Waals surface area contributed by atoms with Crippen molar-refractivity contribution in [2.45, 2.75) is 0 Å². The van der Waals surface area contributed by atoms with E-state index in [0.717, 1.165) is 11.1 Å². The van der Waals surface area contributed by atoms with Crippen molar-refractivity contribution in [2.75, 3.05) is 20.3 Å². The third kappa shape index (κ3) is 4.29. The lowest BCUT2D eigenvalue weighted by Gasteiger charge is -2.11. The first kappa shape index (κ1) is 16.5. The zero-order valence-corrected chi connectivity index (χ0v) is 12.9. The molecule has 0 amide bonds. The summed E-state index contributed by atoms with van der Waals surface area (Å²) in [6, 6.07) is 20.7. The molecule has 2 aromatic rings. The molecule has 2 rings (SSSR count). The van der Waals surface area contributed by atoms with Crippen LogP contribution in [0.2, 0.25) is 0 Å². The third-order valence-corrected chi connectivity index (χ3v) is 3.21. The number of hydrogen-bond donors (Lipinski definition) is 0. The zero-order valence-electron chi connectivity index (χ0n) is 12.9. The first-order valence-corrected chi connectivity index (χ1v) is 7.19. The van der Waals surface area contributed by atoms with Gasteiger partial charge in [0.05, 0.1) is 6.61 Å². The molecule has 0 radical (unpaired) electrons. The van der Waals surface area contributed by atoms with Gasteiger partial charge in [-0.15, -0.1) is 0 Å². The van der Waals surface area contributed by atoms with Crippen LogP contribution in [0.15, 0.2) is 66.2 Å². The number of nitriles is 1. The molecule has 0 heterocycles. The Morgan fingerprint density at radius 2 is 1.48 bits per heavy atom. The van der Waals surface area contributed by atoms with Crippen molar-refractivity contribution in [3.8, 4) is 6.07 Å². The number of carbonyl (C=O) groups is 1. The second-order valence-corrected chi connectivity index (χ2v) is 4.72. The number of benzene rings is 2. The van der Waals surface area contributed by atoms with Gasteiger partial charge in [0.1, 0.15) is 18.2 Å². The average molecular weight is 307 g/mol. The number of nitrogens with zero attached hydrogens (tertiary/aromatic N) is 1. The fourth-order valence-corrected chi connectivity index (χ4v) is 2.16. The molecule has 2 aromatic carbocycles. The van der Waals surface area contributed by atoms with Gasteiger partial charge >= 0.3 is 5.97 Å². The molecular weight excluding hydrogens is 290 g/mol. The molecule has 4 nitrogen and oxygen atoms in total. The molecule has 0 aliphatic rings. The smallest absolute Gasteiger partial charge is 0.349 e. The molecule has 0 saturated heterocycles. The summed E-state index contributed by atoms with van der Waals surface area (Å²) in [7, 11) is 1.52. The molecule has 0 saturated carbocycles. The Labute approximate surface area is 135 Å². The van der Waals surface area contributed by atoms with Crippen LogP contribution in [0.3, 0.4) is 0 Å². The van der Waals surface area contributed by atoms with Crippen LogP contribution in [0.1, 0.15) is 11.1 Å². The summed E-state index contributed by atoms with van der Waals surface area (Å²) < 4.78 is 9.97. The van der Waals surface area contributed by atoms with Gasteiger partial charge in [-0.1, -0.05) is 60.7 Å². The summed E-state index contributed by atoms with van der Waals surface area (Å²) in [4.78, 5) is 12.3. The predicted octanol–water partition coefficient (Wildman–Crippen LogP) is 3.20. The van der Waals surface area contributed by atoms with E-state index in [1.54, 1.807) is 0 Å². The lowest BCUT2D eigenvalue weighted by Crippen LogP contribution is -2.13. The van der Waals surface area contributed by atoms with Crippen LogP contribution in [-0.2, 0) is 14.3 Å². The first-order chi connectivity index (χ1) is 11.3. The molecule has 0 aromatic heterocycles. The number of rotatable bonds is 6. The number of ether oxygens (including phenoxy) is 2. The van der Waals surface area contributed by atoms with Crippen LogP contribution in [0.5, 0.6) is 0 Å². The van der Waals surface area contributed by atoms with E-state index < -0.39 is 5.97 Å². The highest BCUT2D eigenvalue weighted by molar-refractivity contribution is 6.05. The number of carbonyl (C=O) groups excluding carboxylic acids is 1. The Bertz CT molecular complexity index is 674. The van der Waals surface area contributed by atoms with E-state index in [4.69, 9.17) is 9.47 Å². The molecule has 0 aliphatic carbocycles. The van der Waals surface area contributed by atoms with Gasteiger partial charge in [0.25, 0.3) is 0 Å². The van der Waals surface area contributed by atoms with Crippen LogP contribution >= 0.6 is 0 Å². The van der Waals surface area contributed by atoms with Gasteiger partial charge in [0.2, 0.25) is 0 Å². The fourth-order valence-electron chi connectivity index (χ4n) is 2.16. The standard InChI is InChI=1S/C19H17NO3/c1-22-12-13-23-19(21)17(14-20)18(15-8-4-2-5-9-15)16-10-6-3-7-11-16/h2-11H,12-13H2,1H3. The summed E-state index contributed by atoms with van der Waals surface area (Å²) in [6.45, 7) is 0.397. The van der Waals surface area contributed by atoms with Crippen molar-refractivity contribution in [2.24, 2.45) is 0 Å². The lowest BCUT2D eigenvalue weighted by atomic mass is 9.93. The largest absolute Gasteiger partial charge is 0.459 e. The van der Waals surface area contributed by atoms with E-state index >= 15 is 0 Å². The molecule has 0 spiro atoms. The Morgan fingerprint density at radius 1 is 0.957 bits per heavy atom. The molecule has 23 heavy (non-hydrogen) atoms. The van der Waals surface area contributed by atoms with Crippen molar-refractivity contribution in [1.82, 2.24) is 0 Å². The number of esters is 1. The van der Waals surface area contributed by atoms with Gasteiger partial charge in [-0.05, 0) is 11.1 Å². The molecule has 0 unspecified atom stereocenters. The summed E-state index contributed by atoms with van der Waals surface area (Å²) in [6.07, 6.45) is 0. The summed E-state index contributed by atoms with van der Waals surface area (Å²) in [5, 5.41) is 9.51. The molecule has 0 aliphatic heterocycles. The van der Waals surface area contributed by atoms with Crippen molar-refractivity contribution >= 4 is 11.5 Å². The van der Waals surface area contributed by atoms with Crippen molar-refractivity contribution < 1.29 is 14.3 Å². The first-order valence-electron chi connectivity index (χ1n) is 7.19. The SMILES string of the molecule is COCCOC(=O)C(C#N)=C(c1ccccc1)c1ccccc1. The normalized spacial score (nSPS) is 9.74. The molecular formula is C19H17NO3. The maximum atomic E-state index is 12.3. The zero-order chi connectivity index (χ0) is 16.5. The van der Waals surface area contributed by atoms with E-state index in [9.17, 15) is 10.1 Å². The van der Waals surface area contributed by atoms with Crippen molar-refractivity contribution in [3.63, 3.8) is 0 Å². The quantitative estimate of drug-likeness (QED) is 0.356. The van der Waals surface area contributed by atoms with Gasteiger partial charge in [-0.25, -0.2) is 4.79 Å². The summed E-state index contributed by atoms with van der Waals surface area (Å²) >= 11 is 0. The second kappa shape index (κ2) is 8.52. The Balaban J connectivity index is 2.50. The van der Waals surface area contributed by atoms with Crippen LogP contribution < -0.4 is 0 Å². The highest BCUT2D eigenvalue weighted by Crippen LogP contribution is 2.27. The molecule has 0 N–H and O–H groups in total. The lowest BCUT2D eigenvalue weighted by molar-refractivity contribution is -0.139. The van der Waals surface area contributed by atoms with E-state index in [2.05, 4.69) is 0 Å². The highest BCUT2D eigenvalue weighted by Gasteiger charge is 2.19. The maximum Gasteiger partial charge on any atom is 0.349 e. The molecule has 0 bridgehead atoms. The Kier molecular flexibility index (Phi) is 6.10. The van der Waals surface area contributed by atoms with Gasteiger partial charge in [0, 0.05) is 12.7 Å². The maximum absolute atomic E-state index is 12.3. The summed E-state index contributed by atoms with van der Waals surface area (Å²) in [5.74, 6) is -0.646.